The van der Waals surface area contributed by atoms with Crippen molar-refractivity contribution in [1.82, 2.24) is 9.47 Å². The van der Waals surface area contributed by atoms with E-state index in [9.17, 15) is 9.59 Å². The van der Waals surface area contributed by atoms with Crippen molar-refractivity contribution in [1.29, 1.82) is 0 Å². The molecule has 0 spiro atoms. The van der Waals surface area contributed by atoms with Crippen LogP contribution >= 0.6 is 0 Å². The van der Waals surface area contributed by atoms with Crippen molar-refractivity contribution < 1.29 is 9.59 Å². The van der Waals surface area contributed by atoms with Crippen LogP contribution in [0.3, 0.4) is 0 Å². The Hall–Kier alpha value is -2.60. The molecule has 2 fully saturated rings. The first kappa shape index (κ1) is 22.6. The number of amides is 2. The number of carbonyl (C=O) groups is 2. The first-order valence-electron chi connectivity index (χ1n) is 12.0. The van der Waals surface area contributed by atoms with Crippen LogP contribution in [0.1, 0.15) is 78.3 Å². The quantitative estimate of drug-likeness (QED) is 0.697. The van der Waals surface area contributed by atoms with Crippen LogP contribution in [-0.2, 0) is 11.3 Å². The highest BCUT2D eigenvalue weighted by molar-refractivity contribution is 6.05. The van der Waals surface area contributed by atoms with Gasteiger partial charge in [-0.2, -0.15) is 0 Å². The number of aryl methyl sites for hydroxylation is 1. The van der Waals surface area contributed by atoms with Crippen LogP contribution in [-0.4, -0.2) is 34.4 Å². The molecule has 1 aromatic carbocycles. The predicted octanol–water partition coefficient (Wildman–Crippen LogP) is 4.56. The number of carbonyl (C=O) groups excluding carboxylic acids is 2. The van der Waals surface area contributed by atoms with Gasteiger partial charge in [-0.3, -0.25) is 14.5 Å². The first-order valence-corrected chi connectivity index (χ1v) is 12.0. The second-order valence-corrected chi connectivity index (χ2v) is 9.57. The molecule has 2 aromatic rings. The van der Waals surface area contributed by atoms with E-state index in [1.165, 1.54) is 43.4 Å². The van der Waals surface area contributed by atoms with Crippen LogP contribution in [0.5, 0.6) is 0 Å². The minimum Gasteiger partial charge on any atom is -0.369 e. The summed E-state index contributed by atoms with van der Waals surface area (Å²) >= 11 is 0. The zero-order chi connectivity index (χ0) is 22.7. The van der Waals surface area contributed by atoms with Crippen molar-refractivity contribution in [2.75, 3.05) is 18.4 Å². The maximum Gasteiger partial charge on any atom is 0.257 e. The summed E-state index contributed by atoms with van der Waals surface area (Å²) in [6.45, 7) is 6.68. The Bertz CT molecular complexity index is 957. The van der Waals surface area contributed by atoms with Crippen molar-refractivity contribution in [3.05, 3.63) is 52.8 Å². The third kappa shape index (κ3) is 5.07. The van der Waals surface area contributed by atoms with E-state index in [0.717, 1.165) is 49.4 Å². The lowest BCUT2D eigenvalue weighted by Crippen LogP contribution is -2.40. The maximum absolute atomic E-state index is 13.0. The maximum atomic E-state index is 13.0. The van der Waals surface area contributed by atoms with Gasteiger partial charge in [0.1, 0.15) is 0 Å². The van der Waals surface area contributed by atoms with Crippen LogP contribution in [0, 0.1) is 19.8 Å². The monoisotopic (exact) mass is 436 g/mol. The highest BCUT2D eigenvalue weighted by atomic mass is 16.2. The fourth-order valence-corrected chi connectivity index (χ4v) is 5.49. The second-order valence-electron chi connectivity index (χ2n) is 9.57. The third-order valence-corrected chi connectivity index (χ3v) is 7.19. The van der Waals surface area contributed by atoms with Gasteiger partial charge in [0, 0.05) is 36.2 Å². The van der Waals surface area contributed by atoms with E-state index in [0.29, 0.717) is 6.04 Å². The molecule has 1 aliphatic carbocycles. The van der Waals surface area contributed by atoms with Gasteiger partial charge < -0.3 is 15.6 Å². The van der Waals surface area contributed by atoms with E-state index >= 15 is 0 Å². The van der Waals surface area contributed by atoms with Gasteiger partial charge in [-0.05, 0) is 69.8 Å². The summed E-state index contributed by atoms with van der Waals surface area (Å²) in [5.74, 6) is -0.293. The van der Waals surface area contributed by atoms with Gasteiger partial charge in [-0.25, -0.2) is 0 Å². The minimum atomic E-state index is -0.199. The van der Waals surface area contributed by atoms with Crippen molar-refractivity contribution >= 4 is 17.5 Å². The molecule has 0 radical (unpaired) electrons. The number of nitrogens with one attached hydrogen (secondary N) is 1. The van der Waals surface area contributed by atoms with E-state index in [-0.39, 0.29) is 17.7 Å². The summed E-state index contributed by atoms with van der Waals surface area (Å²) in [4.78, 5) is 26.8. The number of rotatable bonds is 6. The molecule has 3 N–H and O–H groups in total. The summed E-state index contributed by atoms with van der Waals surface area (Å²) < 4.78 is 2.37. The van der Waals surface area contributed by atoms with Gasteiger partial charge >= 0.3 is 0 Å². The zero-order valence-corrected chi connectivity index (χ0v) is 19.4. The Labute approximate surface area is 191 Å². The smallest absolute Gasteiger partial charge is 0.257 e. The van der Waals surface area contributed by atoms with Gasteiger partial charge in [-0.15, -0.1) is 0 Å². The number of likely N-dealkylation sites (tertiary alicyclic amines) is 1. The molecule has 1 saturated carbocycles. The number of hydrogen-bond donors (Lipinski definition) is 2. The Morgan fingerprint density at radius 1 is 1.03 bits per heavy atom. The van der Waals surface area contributed by atoms with Crippen molar-refractivity contribution in [3.8, 4) is 0 Å². The van der Waals surface area contributed by atoms with Crippen LogP contribution < -0.4 is 11.1 Å². The molecule has 32 heavy (non-hydrogen) atoms. The van der Waals surface area contributed by atoms with Gasteiger partial charge in [0.2, 0.25) is 5.91 Å². The molecule has 2 amide bonds. The van der Waals surface area contributed by atoms with Gasteiger partial charge in [-0.1, -0.05) is 31.4 Å². The van der Waals surface area contributed by atoms with E-state index < -0.39 is 0 Å². The standard InChI is InChI=1S/C26H36N4O2/c1-18-15-24(19(2)30(18)23-8-4-3-5-9-23)26(32)28-22-12-10-20(11-13-22)16-29-14-6-7-21(17-29)25(27)31/h10-13,15,21,23H,3-9,14,16-17H2,1-2H3,(H2,27,31)(H,28,32). The summed E-state index contributed by atoms with van der Waals surface area (Å²) in [6, 6.07) is 10.6. The number of benzene rings is 1. The number of nitrogens with two attached hydrogens (primary N) is 1. The molecule has 2 heterocycles. The Morgan fingerprint density at radius 2 is 1.75 bits per heavy atom. The Balaban J connectivity index is 1.38. The van der Waals surface area contributed by atoms with Gasteiger partial charge in [0.15, 0.2) is 0 Å². The van der Waals surface area contributed by atoms with Crippen LogP contribution in [0.25, 0.3) is 0 Å². The molecule has 172 valence electrons. The molecule has 4 rings (SSSR count). The molecule has 1 unspecified atom stereocenters. The number of piperidine rings is 1. The fourth-order valence-electron chi connectivity index (χ4n) is 5.49. The lowest BCUT2D eigenvalue weighted by atomic mass is 9.95. The highest BCUT2D eigenvalue weighted by Crippen LogP contribution is 2.32. The SMILES string of the molecule is Cc1cc(C(=O)Nc2ccc(CN3CCCC(C(N)=O)C3)cc2)c(C)n1C1CCCCC1. The normalized spacial score (nSPS) is 20.2. The van der Waals surface area contributed by atoms with Crippen molar-refractivity contribution in [2.45, 2.75) is 71.4 Å². The van der Waals surface area contributed by atoms with Crippen molar-refractivity contribution in [3.63, 3.8) is 0 Å². The summed E-state index contributed by atoms with van der Waals surface area (Å²) in [7, 11) is 0. The third-order valence-electron chi connectivity index (χ3n) is 7.19. The minimum absolute atomic E-state index is 0.0464. The molecule has 0 bridgehead atoms. The Morgan fingerprint density at radius 3 is 2.44 bits per heavy atom. The average Bonchev–Trinajstić information content (AvgIpc) is 3.10. The number of primary amides is 1. The average molecular weight is 437 g/mol. The van der Waals surface area contributed by atoms with E-state index in [1.54, 1.807) is 0 Å². The van der Waals surface area contributed by atoms with E-state index in [2.05, 4.69) is 40.8 Å². The van der Waals surface area contributed by atoms with Crippen LogP contribution in [0.15, 0.2) is 30.3 Å². The second kappa shape index (κ2) is 9.90. The predicted molar refractivity (Wildman–Crippen MR) is 128 cm³/mol. The molecule has 1 saturated heterocycles. The number of hydrogen-bond acceptors (Lipinski definition) is 3. The number of anilines is 1. The Kier molecular flexibility index (Phi) is 6.99. The molecular weight excluding hydrogens is 400 g/mol. The number of nitrogens with zero attached hydrogens (tertiary/aromatic N) is 2. The first-order chi connectivity index (χ1) is 15.4. The fraction of sp³-hybridized carbons (Fsp3) is 0.538. The van der Waals surface area contributed by atoms with Crippen molar-refractivity contribution in [2.24, 2.45) is 11.7 Å². The summed E-state index contributed by atoms with van der Waals surface area (Å²) in [5, 5.41) is 3.07. The van der Waals surface area contributed by atoms with Gasteiger partial charge in [0.25, 0.3) is 5.91 Å². The highest BCUT2D eigenvalue weighted by Gasteiger charge is 2.24. The molecule has 6 heteroatoms. The largest absolute Gasteiger partial charge is 0.369 e. The molecule has 6 nitrogen and oxygen atoms in total. The molecule has 1 aliphatic heterocycles. The summed E-state index contributed by atoms with van der Waals surface area (Å²) in [6.07, 6.45) is 8.17. The topological polar surface area (TPSA) is 80.4 Å². The lowest BCUT2D eigenvalue weighted by Gasteiger charge is -2.31. The van der Waals surface area contributed by atoms with Gasteiger partial charge in [0.05, 0.1) is 11.5 Å². The van der Waals surface area contributed by atoms with E-state index in [4.69, 9.17) is 5.73 Å². The number of aromatic nitrogens is 1. The molecule has 1 atom stereocenters. The van der Waals surface area contributed by atoms with Crippen LogP contribution in [0.4, 0.5) is 5.69 Å². The molecular formula is C26H36N4O2. The van der Waals surface area contributed by atoms with E-state index in [1.807, 2.05) is 18.2 Å². The molecule has 2 aliphatic rings. The summed E-state index contributed by atoms with van der Waals surface area (Å²) in [5.41, 5.74) is 10.5. The lowest BCUT2D eigenvalue weighted by molar-refractivity contribution is -0.123. The molecule has 1 aromatic heterocycles. The zero-order valence-electron chi connectivity index (χ0n) is 19.4. The van der Waals surface area contributed by atoms with Crippen LogP contribution in [0.2, 0.25) is 0 Å².